The van der Waals surface area contributed by atoms with Gasteiger partial charge in [-0.15, -0.1) is 0 Å². The van der Waals surface area contributed by atoms with Crippen LogP contribution in [0.15, 0.2) is 0 Å². The first-order valence-electron chi connectivity index (χ1n) is 15.8. The van der Waals surface area contributed by atoms with E-state index in [0.717, 1.165) is 19.4 Å². The summed E-state index contributed by atoms with van der Waals surface area (Å²) in [4.78, 5) is 41.9. The molecule has 1 N–H and O–H groups in total. The highest BCUT2D eigenvalue weighted by molar-refractivity contribution is 5.81. The normalized spacial score (nSPS) is 18.2. The van der Waals surface area contributed by atoms with Gasteiger partial charge in [-0.3, -0.25) is 14.4 Å². The number of rotatable bonds is 12. The summed E-state index contributed by atoms with van der Waals surface area (Å²) in [6.45, 7) is 35.9. The number of esters is 1. The summed E-state index contributed by atoms with van der Waals surface area (Å²) in [5.74, 6) is -0.254. The fourth-order valence-electron chi connectivity index (χ4n) is 7.05. The molecule has 1 heterocycles. The predicted octanol–water partition coefficient (Wildman–Crippen LogP) is 8.03. The molecule has 0 aromatic heterocycles. The van der Waals surface area contributed by atoms with Crippen molar-refractivity contribution in [3.63, 3.8) is 0 Å². The van der Waals surface area contributed by atoms with Crippen molar-refractivity contribution in [3.8, 4) is 0 Å². The standard InChI is InChI=1S/C35H66N2O4/c1-29(2,3)23-33(12,13)36-27(39)25(31(7,8)9)22-32(10,11)34(14,15)35(16,24-30(4,5)6)28(40)41-21-20-37-19-17-18-26(37)38/h25H,17-24H2,1-16H3,(H,36,39). The molecule has 240 valence electrons. The largest absolute Gasteiger partial charge is 0.463 e. The van der Waals surface area contributed by atoms with E-state index in [0.29, 0.717) is 25.8 Å². The SMILES string of the molecule is CC(C)(C)CC(C)(C)NC(=O)C(CC(C)(C)C(C)(C)C(C)(CC(C)(C)C)C(=O)OCCN1CCCC1=O)C(C)(C)C. The maximum absolute atomic E-state index is 14.0. The van der Waals surface area contributed by atoms with Crippen LogP contribution in [0.5, 0.6) is 0 Å². The predicted molar refractivity (Wildman–Crippen MR) is 170 cm³/mol. The van der Waals surface area contributed by atoms with Crippen LogP contribution >= 0.6 is 0 Å². The Morgan fingerprint density at radius 1 is 0.829 bits per heavy atom. The minimum atomic E-state index is -0.811. The van der Waals surface area contributed by atoms with Gasteiger partial charge in [0.25, 0.3) is 0 Å². The van der Waals surface area contributed by atoms with E-state index in [9.17, 15) is 14.4 Å². The lowest BCUT2D eigenvalue weighted by Crippen LogP contribution is -2.55. The van der Waals surface area contributed by atoms with Crippen LogP contribution < -0.4 is 5.32 Å². The van der Waals surface area contributed by atoms with Crippen LogP contribution in [0.2, 0.25) is 0 Å². The maximum Gasteiger partial charge on any atom is 0.312 e. The van der Waals surface area contributed by atoms with Gasteiger partial charge in [0.15, 0.2) is 0 Å². The molecule has 1 saturated heterocycles. The highest BCUT2D eigenvalue weighted by Crippen LogP contribution is 2.59. The molecule has 0 aromatic carbocycles. The Hall–Kier alpha value is -1.59. The molecule has 1 rings (SSSR count). The third-order valence-electron chi connectivity index (χ3n) is 9.68. The van der Waals surface area contributed by atoms with E-state index >= 15 is 0 Å². The van der Waals surface area contributed by atoms with Gasteiger partial charge in [0.05, 0.1) is 12.0 Å². The highest BCUT2D eigenvalue weighted by atomic mass is 16.5. The van der Waals surface area contributed by atoms with E-state index in [4.69, 9.17) is 4.74 Å². The number of nitrogens with one attached hydrogen (secondary N) is 1. The Bertz CT molecular complexity index is 927. The van der Waals surface area contributed by atoms with Gasteiger partial charge in [-0.1, -0.05) is 90.0 Å². The van der Waals surface area contributed by atoms with Crippen molar-refractivity contribution >= 4 is 17.8 Å². The molecular formula is C35H66N2O4. The lowest BCUT2D eigenvalue weighted by atomic mass is 9.49. The van der Waals surface area contributed by atoms with Crippen LogP contribution in [0.4, 0.5) is 0 Å². The molecule has 2 amide bonds. The Balaban J connectivity index is 3.33. The number of likely N-dealkylation sites (tertiary alicyclic amines) is 1. The van der Waals surface area contributed by atoms with E-state index in [1.807, 2.05) is 6.92 Å². The van der Waals surface area contributed by atoms with Crippen LogP contribution in [-0.4, -0.2) is 47.9 Å². The second-order valence-corrected chi connectivity index (χ2v) is 18.4. The molecule has 0 saturated carbocycles. The second kappa shape index (κ2) is 12.6. The van der Waals surface area contributed by atoms with E-state index in [2.05, 4.69) is 109 Å². The average molecular weight is 579 g/mol. The summed E-state index contributed by atoms with van der Waals surface area (Å²) in [6, 6.07) is 0. The van der Waals surface area contributed by atoms with Gasteiger partial charge in [-0.25, -0.2) is 0 Å². The number of carbonyl (C=O) groups is 3. The Labute approximate surface area is 253 Å². The van der Waals surface area contributed by atoms with Crippen molar-refractivity contribution in [2.75, 3.05) is 19.7 Å². The molecule has 1 aliphatic rings. The van der Waals surface area contributed by atoms with Crippen molar-refractivity contribution in [2.45, 2.75) is 148 Å². The van der Waals surface area contributed by atoms with Crippen LogP contribution in [0, 0.1) is 38.4 Å². The van der Waals surface area contributed by atoms with Crippen LogP contribution in [-0.2, 0) is 19.1 Å². The van der Waals surface area contributed by atoms with Crippen molar-refractivity contribution in [3.05, 3.63) is 0 Å². The molecule has 0 radical (unpaired) electrons. The van der Waals surface area contributed by atoms with Crippen LogP contribution in [0.25, 0.3) is 0 Å². The molecule has 1 aliphatic heterocycles. The van der Waals surface area contributed by atoms with Crippen molar-refractivity contribution in [2.24, 2.45) is 38.4 Å². The fraction of sp³-hybridized carbons (Fsp3) is 0.914. The Morgan fingerprint density at radius 2 is 1.34 bits per heavy atom. The van der Waals surface area contributed by atoms with E-state index in [-0.39, 0.29) is 57.5 Å². The molecule has 0 bridgehead atoms. The highest BCUT2D eigenvalue weighted by Gasteiger charge is 2.58. The average Bonchev–Trinajstić information content (AvgIpc) is 3.12. The summed E-state index contributed by atoms with van der Waals surface area (Å²) in [6.07, 6.45) is 3.59. The first-order chi connectivity index (χ1) is 18.0. The minimum absolute atomic E-state index is 0.0750. The number of ether oxygens (including phenoxy) is 1. The summed E-state index contributed by atoms with van der Waals surface area (Å²) >= 11 is 0. The summed E-state index contributed by atoms with van der Waals surface area (Å²) < 4.78 is 5.96. The van der Waals surface area contributed by atoms with Gasteiger partial charge < -0.3 is 15.0 Å². The zero-order valence-electron chi connectivity index (χ0n) is 29.8. The molecule has 41 heavy (non-hydrogen) atoms. The fourth-order valence-corrected chi connectivity index (χ4v) is 7.05. The third kappa shape index (κ3) is 10.3. The summed E-state index contributed by atoms with van der Waals surface area (Å²) in [7, 11) is 0. The first-order valence-corrected chi connectivity index (χ1v) is 15.8. The van der Waals surface area contributed by atoms with E-state index in [1.54, 1.807) is 4.90 Å². The number of nitrogens with zero attached hydrogens (tertiary/aromatic N) is 1. The molecule has 6 heteroatoms. The van der Waals surface area contributed by atoms with Gasteiger partial charge in [0.1, 0.15) is 6.61 Å². The number of hydrogen-bond donors (Lipinski definition) is 1. The molecule has 1 fully saturated rings. The van der Waals surface area contributed by atoms with Crippen molar-refractivity contribution in [1.82, 2.24) is 10.2 Å². The molecule has 2 unspecified atom stereocenters. The second-order valence-electron chi connectivity index (χ2n) is 18.4. The van der Waals surface area contributed by atoms with Gasteiger partial charge in [-0.2, -0.15) is 0 Å². The zero-order valence-corrected chi connectivity index (χ0v) is 29.8. The smallest absolute Gasteiger partial charge is 0.312 e. The molecule has 0 spiro atoms. The van der Waals surface area contributed by atoms with Crippen molar-refractivity contribution in [1.29, 1.82) is 0 Å². The Kier molecular flexibility index (Phi) is 11.5. The van der Waals surface area contributed by atoms with Crippen molar-refractivity contribution < 1.29 is 19.1 Å². The lowest BCUT2D eigenvalue weighted by Gasteiger charge is -2.55. The summed E-state index contributed by atoms with van der Waals surface area (Å²) in [5.41, 5.74) is -2.35. The Morgan fingerprint density at radius 3 is 1.76 bits per heavy atom. The zero-order chi connectivity index (χ0) is 32.5. The summed E-state index contributed by atoms with van der Waals surface area (Å²) in [5, 5.41) is 3.39. The minimum Gasteiger partial charge on any atom is -0.463 e. The number of carbonyl (C=O) groups excluding carboxylic acids is 3. The molecule has 2 atom stereocenters. The van der Waals surface area contributed by atoms with E-state index < -0.39 is 10.8 Å². The third-order valence-corrected chi connectivity index (χ3v) is 9.68. The quantitative estimate of drug-likeness (QED) is 0.238. The molecular weight excluding hydrogens is 512 g/mol. The van der Waals surface area contributed by atoms with Gasteiger partial charge in [0, 0.05) is 24.4 Å². The van der Waals surface area contributed by atoms with Crippen LogP contribution in [0.3, 0.4) is 0 Å². The maximum atomic E-state index is 14.0. The van der Waals surface area contributed by atoms with Gasteiger partial charge >= 0.3 is 5.97 Å². The van der Waals surface area contributed by atoms with E-state index in [1.165, 1.54) is 0 Å². The van der Waals surface area contributed by atoms with Gasteiger partial charge in [-0.05, 0) is 73.5 Å². The monoisotopic (exact) mass is 579 g/mol. The topological polar surface area (TPSA) is 75.7 Å². The number of hydrogen-bond acceptors (Lipinski definition) is 4. The molecule has 6 nitrogen and oxygen atoms in total. The lowest BCUT2D eigenvalue weighted by molar-refractivity contribution is -0.176. The first kappa shape index (κ1) is 37.4. The molecule has 0 aromatic rings. The molecule has 0 aliphatic carbocycles. The van der Waals surface area contributed by atoms with Gasteiger partial charge in [0.2, 0.25) is 11.8 Å². The number of amides is 2. The van der Waals surface area contributed by atoms with Crippen LogP contribution in [0.1, 0.15) is 143 Å².